The van der Waals surface area contributed by atoms with Crippen LogP contribution in [0.15, 0.2) is 71.1 Å². The Morgan fingerprint density at radius 3 is 2.39 bits per heavy atom. The van der Waals surface area contributed by atoms with E-state index in [4.69, 9.17) is 8.92 Å². The van der Waals surface area contributed by atoms with Gasteiger partial charge in [-0.15, -0.1) is 0 Å². The van der Waals surface area contributed by atoms with Crippen molar-refractivity contribution in [3.63, 3.8) is 0 Å². The van der Waals surface area contributed by atoms with Gasteiger partial charge < -0.3 is 19.3 Å². The zero-order chi connectivity index (χ0) is 28.0. The smallest absolute Gasteiger partial charge is 0.339 e. The van der Waals surface area contributed by atoms with Gasteiger partial charge in [0.05, 0.1) is 26.9 Å². The number of hydrogen-bond acceptors (Lipinski definition) is 9. The van der Waals surface area contributed by atoms with Crippen LogP contribution in [0, 0.1) is 25.0 Å². The van der Waals surface area contributed by atoms with Crippen molar-refractivity contribution in [2.75, 3.05) is 12.4 Å². The number of carbonyl (C=O) groups excluding carboxylic acids is 1. The Hall–Kier alpha value is -4.49. The average molecular weight is 649 g/mol. The molecule has 194 valence electrons. The molecule has 0 aliphatic rings. The number of rotatable bonds is 9. The summed E-state index contributed by atoms with van der Waals surface area (Å²) in [5.74, 6) is -2.34. The number of hydrogen-bond donors (Lipinski definition) is 2. The van der Waals surface area contributed by atoms with E-state index in [1.165, 1.54) is 49.6 Å². The fourth-order valence-corrected chi connectivity index (χ4v) is 4.92. The highest BCUT2D eigenvalue weighted by Gasteiger charge is 2.23. The lowest BCUT2D eigenvalue weighted by molar-refractivity contribution is -0.384. The molecule has 12 nitrogen and oxygen atoms in total. The van der Waals surface area contributed by atoms with Crippen molar-refractivity contribution in [3.8, 4) is 17.6 Å². The molecule has 3 aromatic rings. The molecule has 0 spiro atoms. The second-order valence-electron chi connectivity index (χ2n) is 7.30. The molecule has 0 bridgehead atoms. The van der Waals surface area contributed by atoms with E-state index in [-0.39, 0.29) is 48.0 Å². The standard InChI is InChI=1S/C24H16IN3O9S/c1-36-21-12-14(10-15(13-26)23(29)27-20-5-3-2-4-18(20)24(30)31)11-19(25)22(21)37-38(34,35)17-8-6-16(7-9-17)28(32)33/h2-12H,1H3,(H,27,29)(H,30,31)/b15-10+. The molecule has 3 rings (SSSR count). The minimum absolute atomic E-state index is 0.00138. The Labute approximate surface area is 229 Å². The molecular weight excluding hydrogens is 633 g/mol. The van der Waals surface area contributed by atoms with E-state index >= 15 is 0 Å². The van der Waals surface area contributed by atoms with Crippen LogP contribution in [0.2, 0.25) is 0 Å². The van der Waals surface area contributed by atoms with Gasteiger partial charge in [-0.1, -0.05) is 12.1 Å². The monoisotopic (exact) mass is 649 g/mol. The van der Waals surface area contributed by atoms with Gasteiger partial charge in [0.25, 0.3) is 11.6 Å². The molecule has 0 fully saturated rings. The number of ether oxygens (including phenoxy) is 1. The predicted octanol–water partition coefficient (Wildman–Crippen LogP) is 4.22. The van der Waals surface area contributed by atoms with Crippen LogP contribution in [0.5, 0.6) is 11.5 Å². The Balaban J connectivity index is 1.92. The van der Waals surface area contributed by atoms with Gasteiger partial charge >= 0.3 is 16.1 Å². The van der Waals surface area contributed by atoms with Gasteiger partial charge in [-0.3, -0.25) is 14.9 Å². The van der Waals surface area contributed by atoms with Crippen LogP contribution in [-0.2, 0) is 14.9 Å². The SMILES string of the molecule is COc1cc(/C=C(\C#N)C(=O)Nc2ccccc2C(=O)O)cc(I)c1OS(=O)(=O)c1ccc([N+](=O)[O-])cc1. The fourth-order valence-electron chi connectivity index (χ4n) is 3.08. The van der Waals surface area contributed by atoms with Crippen molar-refractivity contribution in [2.45, 2.75) is 4.90 Å². The summed E-state index contributed by atoms with van der Waals surface area (Å²) in [6.45, 7) is 0. The molecule has 2 N–H and O–H groups in total. The highest BCUT2D eigenvalue weighted by Crippen LogP contribution is 2.37. The summed E-state index contributed by atoms with van der Waals surface area (Å²) < 4.78 is 36.2. The van der Waals surface area contributed by atoms with Gasteiger partial charge in [-0.25, -0.2) is 4.79 Å². The molecule has 0 unspecified atom stereocenters. The van der Waals surface area contributed by atoms with E-state index in [9.17, 15) is 38.5 Å². The normalized spacial score (nSPS) is 11.2. The van der Waals surface area contributed by atoms with Crippen molar-refractivity contribution in [3.05, 3.63) is 91.0 Å². The van der Waals surface area contributed by atoms with Crippen LogP contribution in [0.4, 0.5) is 11.4 Å². The van der Waals surface area contributed by atoms with Gasteiger partial charge in [-0.05, 0) is 70.6 Å². The van der Waals surface area contributed by atoms with E-state index in [0.29, 0.717) is 0 Å². The number of anilines is 1. The lowest BCUT2D eigenvalue weighted by atomic mass is 10.1. The van der Waals surface area contributed by atoms with E-state index in [1.54, 1.807) is 28.7 Å². The largest absolute Gasteiger partial charge is 0.493 e. The van der Waals surface area contributed by atoms with Gasteiger partial charge in [0, 0.05) is 12.1 Å². The van der Waals surface area contributed by atoms with E-state index in [1.807, 2.05) is 0 Å². The third-order valence-electron chi connectivity index (χ3n) is 4.86. The summed E-state index contributed by atoms with van der Waals surface area (Å²) in [5, 5.41) is 32.0. The molecule has 1 amide bonds. The summed E-state index contributed by atoms with van der Waals surface area (Å²) in [5.41, 5.74) is -0.542. The summed E-state index contributed by atoms with van der Waals surface area (Å²) in [4.78, 5) is 33.9. The molecule has 38 heavy (non-hydrogen) atoms. The van der Waals surface area contributed by atoms with E-state index in [2.05, 4.69) is 5.32 Å². The number of carbonyl (C=O) groups is 2. The highest BCUT2D eigenvalue weighted by atomic mass is 127. The van der Waals surface area contributed by atoms with Crippen molar-refractivity contribution in [1.29, 1.82) is 5.26 Å². The minimum atomic E-state index is -4.40. The van der Waals surface area contributed by atoms with Crippen molar-refractivity contribution >= 4 is 62.0 Å². The summed E-state index contributed by atoms with van der Waals surface area (Å²) in [7, 11) is -3.14. The second-order valence-corrected chi connectivity index (χ2v) is 10.0. The lowest BCUT2D eigenvalue weighted by Gasteiger charge is -2.14. The van der Waals surface area contributed by atoms with Crippen molar-refractivity contribution in [1.82, 2.24) is 0 Å². The third-order valence-corrected chi connectivity index (χ3v) is 6.90. The maximum atomic E-state index is 12.7. The van der Waals surface area contributed by atoms with Crippen LogP contribution in [-0.4, -0.2) is 37.4 Å². The third kappa shape index (κ3) is 6.44. The summed E-state index contributed by atoms with van der Waals surface area (Å²) >= 11 is 1.78. The number of aromatic carboxylic acids is 1. The quantitative estimate of drug-likeness (QED) is 0.0849. The van der Waals surface area contributed by atoms with Gasteiger partial charge in [0.15, 0.2) is 11.5 Å². The number of nitro groups is 1. The first kappa shape index (κ1) is 28.1. The number of methoxy groups -OCH3 is 1. The second kappa shape index (κ2) is 11.7. The molecule has 14 heteroatoms. The Bertz CT molecular complexity index is 1610. The number of para-hydroxylation sites is 1. The number of carboxylic acids is 1. The minimum Gasteiger partial charge on any atom is -0.493 e. The van der Waals surface area contributed by atoms with Gasteiger partial charge in [0.2, 0.25) is 0 Å². The van der Waals surface area contributed by atoms with E-state index in [0.717, 1.165) is 24.3 Å². The number of nitrogens with zero attached hydrogens (tertiary/aromatic N) is 2. The van der Waals surface area contributed by atoms with Crippen LogP contribution in [0.3, 0.4) is 0 Å². The maximum absolute atomic E-state index is 12.7. The number of nitrogens with one attached hydrogen (secondary N) is 1. The summed E-state index contributed by atoms with van der Waals surface area (Å²) in [6, 6.07) is 14.3. The molecule has 3 aromatic carbocycles. The summed E-state index contributed by atoms with van der Waals surface area (Å²) in [6.07, 6.45) is 1.21. The fraction of sp³-hybridized carbons (Fsp3) is 0.0417. The van der Waals surface area contributed by atoms with Crippen LogP contribution in [0.1, 0.15) is 15.9 Å². The molecule has 0 aliphatic heterocycles. The maximum Gasteiger partial charge on any atom is 0.339 e. The number of benzene rings is 3. The molecule has 0 aliphatic carbocycles. The molecule has 0 saturated heterocycles. The molecule has 0 saturated carbocycles. The van der Waals surface area contributed by atoms with Crippen LogP contribution >= 0.6 is 22.6 Å². The predicted molar refractivity (Wildman–Crippen MR) is 142 cm³/mol. The first-order valence-corrected chi connectivity index (χ1v) is 12.8. The van der Waals surface area contributed by atoms with Crippen LogP contribution in [0.25, 0.3) is 6.08 Å². The molecule has 0 heterocycles. The molecule has 0 atom stereocenters. The highest BCUT2D eigenvalue weighted by molar-refractivity contribution is 14.1. The van der Waals surface area contributed by atoms with Crippen molar-refractivity contribution in [2.24, 2.45) is 0 Å². The topological polar surface area (TPSA) is 186 Å². The molecule has 0 radical (unpaired) electrons. The number of nitro benzene ring substituents is 1. The zero-order valence-corrected chi connectivity index (χ0v) is 22.2. The number of carboxylic acid groups (broad SMARTS) is 1. The van der Waals surface area contributed by atoms with E-state index < -0.39 is 26.9 Å². The van der Waals surface area contributed by atoms with Gasteiger partial charge in [-0.2, -0.15) is 13.7 Å². The van der Waals surface area contributed by atoms with Crippen molar-refractivity contribution < 1.29 is 37.0 Å². The number of nitriles is 1. The zero-order valence-electron chi connectivity index (χ0n) is 19.2. The average Bonchev–Trinajstić information content (AvgIpc) is 2.88. The Morgan fingerprint density at radius 2 is 1.82 bits per heavy atom. The first-order chi connectivity index (χ1) is 18.0. The van der Waals surface area contributed by atoms with Gasteiger partial charge in [0.1, 0.15) is 16.5 Å². The lowest BCUT2D eigenvalue weighted by Crippen LogP contribution is -2.16. The molecule has 0 aromatic heterocycles. The van der Waals surface area contributed by atoms with Crippen LogP contribution < -0.4 is 14.2 Å². The molecular formula is C24H16IN3O9S. The Morgan fingerprint density at radius 1 is 1.16 bits per heavy atom. The number of non-ortho nitro benzene ring substituents is 1. The number of halogens is 1. The number of amides is 1. The Kier molecular flexibility index (Phi) is 8.65. The first-order valence-electron chi connectivity index (χ1n) is 10.3.